The maximum absolute atomic E-state index is 12.0. The highest BCUT2D eigenvalue weighted by Crippen LogP contribution is 2.13. The summed E-state index contributed by atoms with van der Waals surface area (Å²) < 4.78 is 5.29. The average molecular weight is 368 g/mol. The highest BCUT2D eigenvalue weighted by Gasteiger charge is 2.14. The Hall–Kier alpha value is -3.42. The number of aromatic amines is 1. The zero-order chi connectivity index (χ0) is 19.4. The van der Waals surface area contributed by atoms with Gasteiger partial charge >= 0.3 is 0 Å². The van der Waals surface area contributed by atoms with E-state index in [0.29, 0.717) is 46.7 Å². The molecule has 0 saturated carbocycles. The van der Waals surface area contributed by atoms with Gasteiger partial charge in [-0.05, 0) is 38.5 Å². The number of furan rings is 1. The van der Waals surface area contributed by atoms with E-state index in [4.69, 9.17) is 4.42 Å². The molecule has 0 fully saturated rings. The molecule has 0 spiro atoms. The standard InChI is InChI=1S/C19H20N4O4/c1-11-10-14(12(2)27-11)19(26)23-22-17(24)9-5-8-16-20-15-7-4-3-6-13(15)18(25)21-16/h3-4,6-7,10H,5,8-9H2,1-2H3,(H,22,24)(H,23,26)(H,20,21,25). The van der Waals surface area contributed by atoms with Gasteiger partial charge in [0.25, 0.3) is 11.5 Å². The van der Waals surface area contributed by atoms with E-state index in [0.717, 1.165) is 0 Å². The van der Waals surface area contributed by atoms with Crippen molar-refractivity contribution in [3.63, 3.8) is 0 Å². The Labute approximate surface area is 155 Å². The molecule has 0 radical (unpaired) electrons. The molecule has 3 N–H and O–H groups in total. The van der Waals surface area contributed by atoms with Gasteiger partial charge in [-0.2, -0.15) is 0 Å². The Kier molecular flexibility index (Phi) is 5.35. The summed E-state index contributed by atoms with van der Waals surface area (Å²) in [5, 5.41) is 0.534. The van der Waals surface area contributed by atoms with E-state index in [9.17, 15) is 14.4 Å². The summed E-state index contributed by atoms with van der Waals surface area (Å²) in [6.07, 6.45) is 1.11. The highest BCUT2D eigenvalue weighted by molar-refractivity contribution is 5.96. The molecule has 0 aliphatic rings. The van der Waals surface area contributed by atoms with Gasteiger partial charge in [-0.25, -0.2) is 4.98 Å². The molecule has 3 aromatic rings. The van der Waals surface area contributed by atoms with Crippen molar-refractivity contribution in [3.8, 4) is 0 Å². The van der Waals surface area contributed by atoms with Gasteiger partial charge < -0.3 is 9.40 Å². The first-order chi connectivity index (χ1) is 12.9. The number of nitrogens with one attached hydrogen (secondary N) is 3. The predicted octanol–water partition coefficient (Wildman–Crippen LogP) is 1.92. The van der Waals surface area contributed by atoms with Gasteiger partial charge in [0.2, 0.25) is 5.91 Å². The summed E-state index contributed by atoms with van der Waals surface area (Å²) in [6.45, 7) is 3.43. The fourth-order valence-corrected chi connectivity index (χ4v) is 2.78. The predicted molar refractivity (Wildman–Crippen MR) is 99.1 cm³/mol. The Bertz CT molecular complexity index is 1050. The molecule has 0 saturated heterocycles. The maximum atomic E-state index is 12.0. The van der Waals surface area contributed by atoms with Crippen LogP contribution in [0.25, 0.3) is 10.9 Å². The van der Waals surface area contributed by atoms with Crippen molar-refractivity contribution in [1.82, 2.24) is 20.8 Å². The first kappa shape index (κ1) is 18.4. The molecule has 0 aliphatic carbocycles. The van der Waals surface area contributed by atoms with Crippen molar-refractivity contribution in [2.24, 2.45) is 0 Å². The lowest BCUT2D eigenvalue weighted by atomic mass is 10.2. The van der Waals surface area contributed by atoms with Crippen molar-refractivity contribution >= 4 is 22.7 Å². The van der Waals surface area contributed by atoms with Crippen LogP contribution in [0.3, 0.4) is 0 Å². The third-order valence-electron chi connectivity index (χ3n) is 4.08. The minimum Gasteiger partial charge on any atom is -0.466 e. The minimum atomic E-state index is -0.432. The second-order valence-corrected chi connectivity index (χ2v) is 6.21. The van der Waals surface area contributed by atoms with Gasteiger partial charge in [-0.1, -0.05) is 12.1 Å². The highest BCUT2D eigenvalue weighted by atomic mass is 16.3. The van der Waals surface area contributed by atoms with Crippen LogP contribution in [0.5, 0.6) is 0 Å². The van der Waals surface area contributed by atoms with Crippen molar-refractivity contribution in [1.29, 1.82) is 0 Å². The molecule has 8 heteroatoms. The summed E-state index contributed by atoms with van der Waals surface area (Å²) in [4.78, 5) is 43.0. The molecule has 0 aliphatic heterocycles. The molecule has 2 heterocycles. The zero-order valence-corrected chi connectivity index (χ0v) is 15.1. The van der Waals surface area contributed by atoms with Crippen LogP contribution in [0.15, 0.2) is 39.5 Å². The monoisotopic (exact) mass is 368 g/mol. The third kappa shape index (κ3) is 4.41. The van der Waals surface area contributed by atoms with Crippen molar-refractivity contribution in [2.45, 2.75) is 33.1 Å². The van der Waals surface area contributed by atoms with Crippen LogP contribution in [0, 0.1) is 13.8 Å². The van der Waals surface area contributed by atoms with Gasteiger partial charge in [-0.3, -0.25) is 25.2 Å². The minimum absolute atomic E-state index is 0.181. The molecule has 0 bridgehead atoms. The van der Waals surface area contributed by atoms with Crippen LogP contribution in [0.4, 0.5) is 0 Å². The molecule has 8 nitrogen and oxygen atoms in total. The number of hydrazine groups is 1. The lowest BCUT2D eigenvalue weighted by Crippen LogP contribution is -2.41. The van der Waals surface area contributed by atoms with E-state index in [-0.39, 0.29) is 17.9 Å². The lowest BCUT2D eigenvalue weighted by Gasteiger charge is -2.07. The van der Waals surface area contributed by atoms with Crippen LogP contribution in [-0.4, -0.2) is 21.8 Å². The fraction of sp³-hybridized carbons (Fsp3) is 0.263. The summed E-state index contributed by atoms with van der Waals surface area (Å²) >= 11 is 0. The molecular weight excluding hydrogens is 348 g/mol. The molecule has 1 aromatic carbocycles. The van der Waals surface area contributed by atoms with E-state index in [1.54, 1.807) is 38.1 Å². The van der Waals surface area contributed by atoms with Gasteiger partial charge in [-0.15, -0.1) is 0 Å². The second kappa shape index (κ2) is 7.86. The Morgan fingerprint density at radius 1 is 1.19 bits per heavy atom. The number of carbonyl (C=O) groups excluding carboxylic acids is 2. The zero-order valence-electron chi connectivity index (χ0n) is 15.1. The Morgan fingerprint density at radius 2 is 1.96 bits per heavy atom. The number of rotatable bonds is 5. The number of aromatic nitrogens is 2. The third-order valence-corrected chi connectivity index (χ3v) is 4.08. The van der Waals surface area contributed by atoms with E-state index in [2.05, 4.69) is 20.8 Å². The maximum Gasteiger partial charge on any atom is 0.273 e. The fourth-order valence-electron chi connectivity index (χ4n) is 2.78. The van der Waals surface area contributed by atoms with Crippen LogP contribution in [0.2, 0.25) is 0 Å². The van der Waals surface area contributed by atoms with Crippen molar-refractivity contribution in [2.75, 3.05) is 0 Å². The van der Waals surface area contributed by atoms with Crippen LogP contribution < -0.4 is 16.4 Å². The topological polar surface area (TPSA) is 117 Å². The molecule has 0 unspecified atom stereocenters. The lowest BCUT2D eigenvalue weighted by molar-refractivity contribution is -0.121. The normalized spacial score (nSPS) is 10.7. The molecule has 27 heavy (non-hydrogen) atoms. The van der Waals surface area contributed by atoms with Gasteiger partial charge in [0.05, 0.1) is 16.5 Å². The summed E-state index contributed by atoms with van der Waals surface area (Å²) in [7, 11) is 0. The molecule has 3 rings (SSSR count). The van der Waals surface area contributed by atoms with Crippen LogP contribution in [-0.2, 0) is 11.2 Å². The van der Waals surface area contributed by atoms with Gasteiger partial charge in [0.1, 0.15) is 17.3 Å². The number of H-pyrrole nitrogens is 1. The quantitative estimate of drug-likeness (QED) is 0.595. The largest absolute Gasteiger partial charge is 0.466 e. The Balaban J connectivity index is 1.49. The van der Waals surface area contributed by atoms with Crippen molar-refractivity contribution < 1.29 is 14.0 Å². The number of benzene rings is 1. The SMILES string of the molecule is Cc1cc(C(=O)NNC(=O)CCCc2nc3ccccc3c(=O)[nH]2)c(C)o1. The summed E-state index contributed by atoms with van der Waals surface area (Å²) in [5.41, 5.74) is 5.54. The Morgan fingerprint density at radius 3 is 2.70 bits per heavy atom. The first-order valence-electron chi connectivity index (χ1n) is 8.58. The van der Waals surface area contributed by atoms with Gasteiger partial charge in [0, 0.05) is 12.8 Å². The second-order valence-electron chi connectivity index (χ2n) is 6.21. The molecule has 140 valence electrons. The van der Waals surface area contributed by atoms with E-state index in [1.807, 2.05) is 6.07 Å². The summed E-state index contributed by atoms with van der Waals surface area (Å²) in [6, 6.07) is 8.69. The summed E-state index contributed by atoms with van der Waals surface area (Å²) in [5.74, 6) is 0.883. The number of amides is 2. The number of hydrogen-bond donors (Lipinski definition) is 3. The van der Waals surface area contributed by atoms with Crippen LogP contribution >= 0.6 is 0 Å². The van der Waals surface area contributed by atoms with E-state index >= 15 is 0 Å². The van der Waals surface area contributed by atoms with Crippen LogP contribution in [0.1, 0.15) is 40.5 Å². The number of nitrogens with zero attached hydrogens (tertiary/aromatic N) is 1. The smallest absolute Gasteiger partial charge is 0.273 e. The van der Waals surface area contributed by atoms with Crippen molar-refractivity contribution in [3.05, 3.63) is 63.6 Å². The molecule has 0 atom stereocenters. The number of aryl methyl sites for hydroxylation is 3. The first-order valence-corrected chi connectivity index (χ1v) is 8.58. The van der Waals surface area contributed by atoms with Gasteiger partial charge in [0.15, 0.2) is 0 Å². The molecule has 2 amide bonds. The van der Waals surface area contributed by atoms with E-state index < -0.39 is 5.91 Å². The number of hydrogen-bond acceptors (Lipinski definition) is 5. The molecule has 2 aromatic heterocycles. The number of fused-ring (bicyclic) bond motifs is 1. The average Bonchev–Trinajstić information content (AvgIpc) is 2.98. The van der Waals surface area contributed by atoms with E-state index in [1.165, 1.54) is 0 Å². The number of carbonyl (C=O) groups is 2. The molecular formula is C19H20N4O4. The number of para-hydroxylation sites is 1.